The molecule has 0 amide bonds. The summed E-state index contributed by atoms with van der Waals surface area (Å²) in [6.45, 7) is 1.48. The van der Waals surface area contributed by atoms with Crippen molar-refractivity contribution in [2.75, 3.05) is 25.7 Å². The Hall–Kier alpha value is -0.0900. The van der Waals surface area contributed by atoms with Gasteiger partial charge in [-0.2, -0.15) is 0 Å². The highest BCUT2D eigenvalue weighted by atomic mass is 79.9. The summed E-state index contributed by atoms with van der Waals surface area (Å²) in [6.07, 6.45) is 14.9. The van der Waals surface area contributed by atoms with Crippen LogP contribution >= 0.6 is 15.9 Å². The van der Waals surface area contributed by atoms with Crippen LogP contribution in [-0.2, 0) is 14.3 Å². The van der Waals surface area contributed by atoms with Gasteiger partial charge in [-0.05, 0) is 25.7 Å². The molecule has 22 heavy (non-hydrogen) atoms. The van der Waals surface area contributed by atoms with E-state index in [1.54, 1.807) is 7.11 Å². The number of carbonyl (C=O) groups is 1. The zero-order valence-corrected chi connectivity index (χ0v) is 16.0. The molecular weight excluding hydrogens is 344 g/mol. The van der Waals surface area contributed by atoms with Gasteiger partial charge in [-0.1, -0.05) is 67.3 Å². The van der Waals surface area contributed by atoms with Gasteiger partial charge in [0.2, 0.25) is 0 Å². The summed E-state index contributed by atoms with van der Waals surface area (Å²) in [6, 6.07) is 0. The molecule has 132 valence electrons. The van der Waals surface area contributed by atoms with Crippen molar-refractivity contribution >= 4 is 21.9 Å². The van der Waals surface area contributed by atoms with Crippen LogP contribution in [0.1, 0.15) is 83.5 Å². The number of ether oxygens (including phenoxy) is 2. The fourth-order valence-electron chi connectivity index (χ4n) is 2.38. The van der Waals surface area contributed by atoms with Crippen molar-refractivity contribution in [3.8, 4) is 0 Å². The fraction of sp³-hybridized carbons (Fsp3) is 0.944. The molecule has 0 radical (unpaired) electrons. The number of hydrogen-bond donors (Lipinski definition) is 0. The maximum Gasteiger partial charge on any atom is 0.305 e. The van der Waals surface area contributed by atoms with Crippen LogP contribution in [-0.4, -0.2) is 31.6 Å². The van der Waals surface area contributed by atoms with Crippen molar-refractivity contribution in [3.63, 3.8) is 0 Å². The van der Waals surface area contributed by atoms with Crippen molar-refractivity contribution in [1.82, 2.24) is 0 Å². The predicted octanol–water partition coefficient (Wildman–Crippen LogP) is 5.64. The minimum Gasteiger partial charge on any atom is -0.466 e. The lowest BCUT2D eigenvalue weighted by molar-refractivity contribution is -0.143. The summed E-state index contributed by atoms with van der Waals surface area (Å²) in [5, 5.41) is 1.09. The van der Waals surface area contributed by atoms with E-state index in [4.69, 9.17) is 9.47 Å². The molecule has 0 aliphatic carbocycles. The number of rotatable bonds is 17. The third-order valence-corrected chi connectivity index (χ3v) is 4.33. The van der Waals surface area contributed by atoms with Crippen LogP contribution < -0.4 is 0 Å². The largest absolute Gasteiger partial charge is 0.466 e. The van der Waals surface area contributed by atoms with Gasteiger partial charge in [0.05, 0.1) is 6.61 Å². The molecule has 0 saturated carbocycles. The molecule has 0 unspecified atom stereocenters. The van der Waals surface area contributed by atoms with Gasteiger partial charge < -0.3 is 9.47 Å². The summed E-state index contributed by atoms with van der Waals surface area (Å²) >= 11 is 3.43. The normalized spacial score (nSPS) is 10.8. The van der Waals surface area contributed by atoms with E-state index in [-0.39, 0.29) is 5.97 Å². The molecular formula is C18H35BrO3. The number of halogens is 1. The first kappa shape index (κ1) is 21.9. The van der Waals surface area contributed by atoms with Gasteiger partial charge in [0.25, 0.3) is 0 Å². The smallest absolute Gasteiger partial charge is 0.305 e. The molecule has 0 aromatic carbocycles. The van der Waals surface area contributed by atoms with E-state index in [0.29, 0.717) is 13.0 Å². The number of alkyl halides is 1. The zero-order chi connectivity index (χ0) is 16.3. The van der Waals surface area contributed by atoms with Crippen molar-refractivity contribution in [3.05, 3.63) is 0 Å². The lowest BCUT2D eigenvalue weighted by Gasteiger charge is -2.05. The molecule has 0 aliphatic rings. The highest BCUT2D eigenvalue weighted by Gasteiger charge is 2.02. The molecule has 0 fully saturated rings. The number of hydrogen-bond acceptors (Lipinski definition) is 3. The second kappa shape index (κ2) is 19.0. The molecule has 0 heterocycles. The van der Waals surface area contributed by atoms with E-state index in [1.165, 1.54) is 57.8 Å². The topological polar surface area (TPSA) is 35.5 Å². The monoisotopic (exact) mass is 378 g/mol. The van der Waals surface area contributed by atoms with Crippen LogP contribution in [0.15, 0.2) is 0 Å². The Labute approximate surface area is 145 Å². The third-order valence-electron chi connectivity index (χ3n) is 3.77. The number of methoxy groups -OCH3 is 1. The second-order valence-electron chi connectivity index (χ2n) is 5.89. The Morgan fingerprint density at radius 3 is 1.82 bits per heavy atom. The van der Waals surface area contributed by atoms with E-state index >= 15 is 0 Å². The Morgan fingerprint density at radius 1 is 0.727 bits per heavy atom. The first-order valence-corrected chi connectivity index (χ1v) is 10.1. The van der Waals surface area contributed by atoms with Gasteiger partial charge in [0.15, 0.2) is 0 Å². The zero-order valence-electron chi connectivity index (χ0n) is 14.4. The molecule has 0 rings (SSSR count). The van der Waals surface area contributed by atoms with E-state index < -0.39 is 0 Å². The average Bonchev–Trinajstić information content (AvgIpc) is 2.52. The predicted molar refractivity (Wildman–Crippen MR) is 96.7 cm³/mol. The van der Waals surface area contributed by atoms with Crippen molar-refractivity contribution < 1.29 is 14.3 Å². The maximum absolute atomic E-state index is 11.5. The lowest BCUT2D eigenvalue weighted by Crippen LogP contribution is -2.05. The third kappa shape index (κ3) is 18.0. The first-order valence-electron chi connectivity index (χ1n) is 9.01. The van der Waals surface area contributed by atoms with Crippen LogP contribution in [0.4, 0.5) is 0 Å². The minimum absolute atomic E-state index is 0.0138. The summed E-state index contributed by atoms with van der Waals surface area (Å²) in [7, 11) is 1.76. The van der Waals surface area contributed by atoms with Crippen molar-refractivity contribution in [2.45, 2.75) is 83.5 Å². The molecule has 0 aromatic rings. The quantitative estimate of drug-likeness (QED) is 0.186. The van der Waals surface area contributed by atoms with Gasteiger partial charge in [-0.3, -0.25) is 4.79 Å². The summed E-state index contributed by atoms with van der Waals surface area (Å²) in [5.74, 6) is -0.0138. The summed E-state index contributed by atoms with van der Waals surface area (Å²) < 4.78 is 10.3. The van der Waals surface area contributed by atoms with Crippen LogP contribution in [0.2, 0.25) is 0 Å². The molecule has 0 aliphatic heterocycles. The van der Waals surface area contributed by atoms with Gasteiger partial charge >= 0.3 is 5.97 Å². The van der Waals surface area contributed by atoms with Gasteiger partial charge in [-0.25, -0.2) is 0 Å². The summed E-state index contributed by atoms with van der Waals surface area (Å²) in [5.41, 5.74) is 0. The second-order valence-corrected chi connectivity index (χ2v) is 6.69. The van der Waals surface area contributed by atoms with E-state index in [1.807, 2.05) is 0 Å². The molecule has 0 saturated heterocycles. The number of esters is 1. The highest BCUT2D eigenvalue weighted by molar-refractivity contribution is 9.09. The molecule has 0 N–H and O–H groups in total. The highest BCUT2D eigenvalue weighted by Crippen LogP contribution is 2.09. The Bertz CT molecular complexity index is 234. The van der Waals surface area contributed by atoms with Gasteiger partial charge in [-0.15, -0.1) is 0 Å². The first-order chi connectivity index (χ1) is 10.8. The van der Waals surface area contributed by atoms with Gasteiger partial charge in [0.1, 0.15) is 0 Å². The Morgan fingerprint density at radius 2 is 1.23 bits per heavy atom. The fourth-order valence-corrected chi connectivity index (χ4v) is 2.78. The molecule has 4 heteroatoms. The molecule has 0 aromatic heterocycles. The average molecular weight is 379 g/mol. The SMILES string of the molecule is COCCCCCCCCCOC(=O)CCCCCCCBr. The van der Waals surface area contributed by atoms with Crippen LogP contribution in [0.3, 0.4) is 0 Å². The van der Waals surface area contributed by atoms with E-state index in [2.05, 4.69) is 15.9 Å². The molecule has 0 spiro atoms. The van der Waals surface area contributed by atoms with Crippen LogP contribution in [0, 0.1) is 0 Å². The maximum atomic E-state index is 11.5. The molecule has 0 atom stereocenters. The van der Waals surface area contributed by atoms with Crippen molar-refractivity contribution in [1.29, 1.82) is 0 Å². The van der Waals surface area contributed by atoms with Crippen LogP contribution in [0.25, 0.3) is 0 Å². The standard InChI is InChI=1S/C18H35BrO3/c1-21-16-12-8-3-2-4-9-13-17-22-18(20)14-10-6-5-7-11-15-19/h2-17H2,1H3. The number of carbonyl (C=O) groups excluding carboxylic acids is 1. The minimum atomic E-state index is -0.0138. The summed E-state index contributed by atoms with van der Waals surface area (Å²) in [4.78, 5) is 11.5. The molecule has 3 nitrogen and oxygen atoms in total. The van der Waals surface area contributed by atoms with Crippen LogP contribution in [0.5, 0.6) is 0 Å². The van der Waals surface area contributed by atoms with Gasteiger partial charge in [0, 0.05) is 25.5 Å². The lowest BCUT2D eigenvalue weighted by atomic mass is 10.1. The van der Waals surface area contributed by atoms with E-state index in [9.17, 15) is 4.79 Å². The van der Waals surface area contributed by atoms with E-state index in [0.717, 1.165) is 31.2 Å². The molecule has 0 bridgehead atoms. The number of unbranched alkanes of at least 4 members (excludes halogenated alkanes) is 10. The van der Waals surface area contributed by atoms with Crippen molar-refractivity contribution in [2.24, 2.45) is 0 Å². The Balaban J connectivity index is 3.12. The Kier molecular flexibility index (Phi) is 18.9.